The fraction of sp³-hybridized carbons (Fsp3) is 0.357. The third kappa shape index (κ3) is 3.70. The van der Waals surface area contributed by atoms with E-state index in [9.17, 15) is 5.11 Å². The van der Waals surface area contributed by atoms with Gasteiger partial charge in [0.05, 0.1) is 19.8 Å². The number of hydrogen-bond acceptors (Lipinski definition) is 5. The van der Waals surface area contributed by atoms with Gasteiger partial charge < -0.3 is 9.84 Å². The van der Waals surface area contributed by atoms with E-state index in [0.717, 1.165) is 16.2 Å². The summed E-state index contributed by atoms with van der Waals surface area (Å²) in [5.74, 6) is 0.808. The van der Waals surface area contributed by atoms with E-state index >= 15 is 0 Å². The first-order chi connectivity index (χ1) is 9.63. The Kier molecular flexibility index (Phi) is 5.37. The van der Waals surface area contributed by atoms with Crippen molar-refractivity contribution in [1.82, 2.24) is 9.88 Å². The summed E-state index contributed by atoms with van der Waals surface area (Å²) >= 11 is 7.29. The fourth-order valence-electron chi connectivity index (χ4n) is 2.04. The molecule has 1 N–H and O–H groups in total. The number of methoxy groups -OCH3 is 1. The molecule has 0 saturated carbocycles. The van der Waals surface area contributed by atoms with Crippen molar-refractivity contribution in [2.45, 2.75) is 12.6 Å². The van der Waals surface area contributed by atoms with Crippen LogP contribution < -0.4 is 4.74 Å². The highest BCUT2D eigenvalue weighted by Crippen LogP contribution is 2.25. The minimum atomic E-state index is -0.0678. The molecule has 1 atom stereocenters. The van der Waals surface area contributed by atoms with Crippen LogP contribution in [-0.2, 0) is 6.54 Å². The highest BCUT2D eigenvalue weighted by atomic mass is 35.5. The van der Waals surface area contributed by atoms with Gasteiger partial charge in [-0.05, 0) is 24.7 Å². The number of nitrogens with zero attached hydrogens (tertiary/aromatic N) is 2. The molecule has 0 amide bonds. The standard InChI is InChI=1S/C14H17ClN2O2S/c1-17(8-12-7-16-14(15)20-12)13(9-18)10-3-5-11(19-2)6-4-10/h3-7,13,18H,8-9H2,1-2H3. The van der Waals surface area contributed by atoms with Gasteiger partial charge in [0.1, 0.15) is 5.75 Å². The predicted molar refractivity (Wildman–Crippen MR) is 81.4 cm³/mol. The van der Waals surface area contributed by atoms with Gasteiger partial charge in [0.15, 0.2) is 4.47 Å². The van der Waals surface area contributed by atoms with E-state index in [2.05, 4.69) is 9.88 Å². The van der Waals surface area contributed by atoms with Gasteiger partial charge in [-0.1, -0.05) is 23.7 Å². The molecule has 0 aliphatic carbocycles. The van der Waals surface area contributed by atoms with Gasteiger partial charge in [-0.2, -0.15) is 0 Å². The van der Waals surface area contributed by atoms with Gasteiger partial charge in [-0.15, -0.1) is 11.3 Å². The average Bonchev–Trinajstić information content (AvgIpc) is 2.85. The lowest BCUT2D eigenvalue weighted by Crippen LogP contribution is -2.26. The van der Waals surface area contributed by atoms with Crippen molar-refractivity contribution in [2.75, 3.05) is 20.8 Å². The molecule has 0 spiro atoms. The Hall–Kier alpha value is -1.14. The van der Waals surface area contributed by atoms with Crippen LogP contribution in [0.25, 0.3) is 0 Å². The van der Waals surface area contributed by atoms with E-state index in [0.29, 0.717) is 11.0 Å². The molecule has 1 aromatic carbocycles. The molecular formula is C14H17ClN2O2S. The highest BCUT2D eigenvalue weighted by Gasteiger charge is 2.17. The Morgan fingerprint density at radius 2 is 2.10 bits per heavy atom. The first-order valence-electron chi connectivity index (χ1n) is 6.19. The van der Waals surface area contributed by atoms with Crippen molar-refractivity contribution in [2.24, 2.45) is 0 Å². The molecular weight excluding hydrogens is 296 g/mol. The summed E-state index contributed by atoms with van der Waals surface area (Å²) in [6.07, 6.45) is 1.77. The molecule has 1 aromatic heterocycles. The van der Waals surface area contributed by atoms with E-state index < -0.39 is 0 Å². The largest absolute Gasteiger partial charge is 0.497 e. The molecule has 1 heterocycles. The van der Waals surface area contributed by atoms with Crippen LogP contribution in [0, 0.1) is 0 Å². The number of aliphatic hydroxyl groups is 1. The SMILES string of the molecule is COc1ccc(C(CO)N(C)Cc2cnc(Cl)s2)cc1. The second-order valence-electron chi connectivity index (χ2n) is 4.47. The van der Waals surface area contributed by atoms with Crippen LogP contribution in [0.2, 0.25) is 4.47 Å². The van der Waals surface area contributed by atoms with Crippen LogP contribution in [0.15, 0.2) is 30.5 Å². The maximum atomic E-state index is 9.65. The molecule has 2 aromatic rings. The molecule has 0 bridgehead atoms. The van der Waals surface area contributed by atoms with Crippen molar-refractivity contribution in [3.63, 3.8) is 0 Å². The minimum absolute atomic E-state index is 0.0510. The summed E-state index contributed by atoms with van der Waals surface area (Å²) in [7, 11) is 3.61. The van der Waals surface area contributed by atoms with Gasteiger partial charge in [0.2, 0.25) is 0 Å². The summed E-state index contributed by atoms with van der Waals surface area (Å²) < 4.78 is 5.68. The van der Waals surface area contributed by atoms with Crippen molar-refractivity contribution >= 4 is 22.9 Å². The first kappa shape index (κ1) is 15.3. The summed E-state index contributed by atoms with van der Waals surface area (Å²) in [6.45, 7) is 0.747. The molecule has 2 rings (SSSR count). The molecule has 20 heavy (non-hydrogen) atoms. The van der Waals surface area contributed by atoms with E-state index in [-0.39, 0.29) is 12.6 Å². The zero-order valence-electron chi connectivity index (χ0n) is 11.4. The Labute approximate surface area is 127 Å². The van der Waals surface area contributed by atoms with Gasteiger partial charge >= 0.3 is 0 Å². The summed E-state index contributed by atoms with van der Waals surface area (Å²) in [5, 5.41) is 9.65. The Bertz CT molecular complexity index is 544. The number of aromatic nitrogens is 1. The van der Waals surface area contributed by atoms with Crippen molar-refractivity contribution in [1.29, 1.82) is 0 Å². The topological polar surface area (TPSA) is 45.6 Å². The van der Waals surface area contributed by atoms with Gasteiger partial charge in [-0.25, -0.2) is 4.98 Å². The fourth-order valence-corrected chi connectivity index (χ4v) is 3.08. The Morgan fingerprint density at radius 3 is 2.60 bits per heavy atom. The Balaban J connectivity index is 2.09. The number of benzene rings is 1. The second kappa shape index (κ2) is 7.04. The quantitative estimate of drug-likeness (QED) is 0.890. The van der Waals surface area contributed by atoms with Gasteiger partial charge in [-0.3, -0.25) is 4.90 Å². The summed E-state index contributed by atoms with van der Waals surface area (Å²) in [6, 6.07) is 7.66. The Morgan fingerprint density at radius 1 is 1.40 bits per heavy atom. The van der Waals surface area contributed by atoms with Gasteiger partial charge in [0, 0.05) is 17.6 Å². The average molecular weight is 313 g/mol. The smallest absolute Gasteiger partial charge is 0.183 e. The molecule has 0 fully saturated rings. The lowest BCUT2D eigenvalue weighted by molar-refractivity contribution is 0.143. The van der Waals surface area contributed by atoms with Crippen molar-refractivity contribution in [3.8, 4) is 5.75 Å². The molecule has 0 aliphatic rings. The van der Waals surface area contributed by atoms with Crippen molar-refractivity contribution < 1.29 is 9.84 Å². The third-order valence-electron chi connectivity index (χ3n) is 3.14. The van der Waals surface area contributed by atoms with E-state index in [4.69, 9.17) is 16.3 Å². The maximum Gasteiger partial charge on any atom is 0.183 e. The molecule has 0 radical (unpaired) electrons. The van der Waals surface area contributed by atoms with Crippen LogP contribution >= 0.6 is 22.9 Å². The molecule has 0 aliphatic heterocycles. The van der Waals surface area contributed by atoms with E-state index in [1.165, 1.54) is 11.3 Å². The van der Waals surface area contributed by atoms with Crippen LogP contribution in [0.1, 0.15) is 16.5 Å². The normalized spacial score (nSPS) is 12.7. The zero-order valence-corrected chi connectivity index (χ0v) is 13.0. The second-order valence-corrected chi connectivity index (χ2v) is 6.16. The lowest BCUT2D eigenvalue weighted by atomic mass is 10.1. The lowest BCUT2D eigenvalue weighted by Gasteiger charge is -2.26. The first-order valence-corrected chi connectivity index (χ1v) is 7.38. The number of rotatable bonds is 6. The molecule has 0 saturated heterocycles. The number of ether oxygens (including phenoxy) is 1. The molecule has 108 valence electrons. The molecule has 6 heteroatoms. The van der Waals surface area contributed by atoms with Crippen LogP contribution in [-0.4, -0.2) is 35.8 Å². The zero-order chi connectivity index (χ0) is 14.5. The predicted octanol–water partition coefficient (Wildman–Crippen LogP) is 2.97. The van der Waals surface area contributed by atoms with Gasteiger partial charge in [0.25, 0.3) is 0 Å². The van der Waals surface area contributed by atoms with Crippen LogP contribution in [0.4, 0.5) is 0 Å². The van der Waals surface area contributed by atoms with Crippen LogP contribution in [0.3, 0.4) is 0 Å². The number of aliphatic hydroxyl groups excluding tert-OH is 1. The number of thiazole rings is 1. The summed E-state index contributed by atoms with van der Waals surface area (Å²) in [5.41, 5.74) is 1.05. The number of likely N-dealkylation sites (N-methyl/N-ethyl adjacent to an activating group) is 1. The summed E-state index contributed by atoms with van der Waals surface area (Å²) in [4.78, 5) is 7.18. The number of hydrogen-bond donors (Lipinski definition) is 1. The monoisotopic (exact) mass is 312 g/mol. The van der Waals surface area contributed by atoms with E-state index in [1.54, 1.807) is 13.3 Å². The highest BCUT2D eigenvalue weighted by molar-refractivity contribution is 7.15. The third-order valence-corrected chi connectivity index (χ3v) is 4.24. The van der Waals surface area contributed by atoms with E-state index in [1.807, 2.05) is 31.3 Å². The maximum absolute atomic E-state index is 9.65. The molecule has 4 nitrogen and oxygen atoms in total. The number of halogens is 1. The van der Waals surface area contributed by atoms with Crippen molar-refractivity contribution in [3.05, 3.63) is 45.4 Å². The minimum Gasteiger partial charge on any atom is -0.497 e. The molecule has 1 unspecified atom stereocenters. The van der Waals surface area contributed by atoms with Crippen LogP contribution in [0.5, 0.6) is 5.75 Å².